The molecular weight excluding hydrogens is 212 g/mol. The van der Waals surface area contributed by atoms with Gasteiger partial charge in [0.05, 0.1) is 13.2 Å². The molecule has 0 amide bonds. The normalized spacial score (nSPS) is 25.5. The maximum atomic E-state index is 5.38. The van der Waals surface area contributed by atoms with E-state index in [1.54, 1.807) is 0 Å². The molecule has 1 unspecified atom stereocenters. The summed E-state index contributed by atoms with van der Waals surface area (Å²) >= 11 is 0. The van der Waals surface area contributed by atoms with Crippen molar-refractivity contribution in [3.8, 4) is 0 Å². The molecule has 0 aliphatic carbocycles. The molecule has 92 valence electrons. The van der Waals surface area contributed by atoms with Crippen LogP contribution in [0.4, 0.5) is 0 Å². The number of hydrogen-bond acceptors (Lipinski definition) is 3. The van der Waals surface area contributed by atoms with Gasteiger partial charge in [0.1, 0.15) is 0 Å². The van der Waals surface area contributed by atoms with E-state index in [4.69, 9.17) is 4.74 Å². The van der Waals surface area contributed by atoms with Crippen molar-refractivity contribution in [3.63, 3.8) is 0 Å². The van der Waals surface area contributed by atoms with E-state index in [-0.39, 0.29) is 0 Å². The fourth-order valence-corrected chi connectivity index (χ4v) is 2.75. The lowest BCUT2D eigenvalue weighted by Crippen LogP contribution is -2.47. The van der Waals surface area contributed by atoms with E-state index < -0.39 is 0 Å². The van der Waals surface area contributed by atoms with Gasteiger partial charge in [-0.25, -0.2) is 0 Å². The van der Waals surface area contributed by atoms with Gasteiger partial charge in [-0.3, -0.25) is 4.90 Å². The minimum atomic E-state index is 0.600. The van der Waals surface area contributed by atoms with E-state index in [2.05, 4.69) is 34.5 Å². The molecule has 3 rings (SSSR count). The molecule has 0 bridgehead atoms. The first-order valence-corrected chi connectivity index (χ1v) is 6.52. The summed E-state index contributed by atoms with van der Waals surface area (Å²) in [6.07, 6.45) is 1.16. The fourth-order valence-electron chi connectivity index (χ4n) is 2.75. The summed E-state index contributed by atoms with van der Waals surface area (Å²) in [6.45, 7) is 6.12. The Kier molecular flexibility index (Phi) is 3.41. The van der Waals surface area contributed by atoms with Crippen molar-refractivity contribution in [1.29, 1.82) is 0 Å². The highest BCUT2D eigenvalue weighted by molar-refractivity contribution is 5.29. The summed E-state index contributed by atoms with van der Waals surface area (Å²) in [5, 5.41) is 3.64. The van der Waals surface area contributed by atoms with Gasteiger partial charge < -0.3 is 10.1 Å². The molecule has 3 heteroatoms. The van der Waals surface area contributed by atoms with Crippen molar-refractivity contribution in [2.45, 2.75) is 19.0 Å². The standard InChI is InChI=1S/C14H20N2O/c1-2-4-13-10-15-14(9-12(13)3-1)11-16-5-7-17-8-6-16/h1-4,14-15H,5-11H2. The highest BCUT2D eigenvalue weighted by Gasteiger charge is 2.20. The van der Waals surface area contributed by atoms with Crippen LogP contribution in [0.5, 0.6) is 0 Å². The number of fused-ring (bicyclic) bond motifs is 1. The van der Waals surface area contributed by atoms with Crippen LogP contribution in [0, 0.1) is 0 Å². The van der Waals surface area contributed by atoms with Gasteiger partial charge in [-0.2, -0.15) is 0 Å². The van der Waals surface area contributed by atoms with Crippen molar-refractivity contribution in [3.05, 3.63) is 35.4 Å². The summed E-state index contributed by atoms with van der Waals surface area (Å²) in [7, 11) is 0. The van der Waals surface area contributed by atoms with Crippen LogP contribution in [0.25, 0.3) is 0 Å². The smallest absolute Gasteiger partial charge is 0.0594 e. The van der Waals surface area contributed by atoms with Crippen molar-refractivity contribution in [2.24, 2.45) is 0 Å². The average Bonchev–Trinajstić information content (AvgIpc) is 2.40. The van der Waals surface area contributed by atoms with Crippen LogP contribution in [0.2, 0.25) is 0 Å². The summed E-state index contributed by atoms with van der Waals surface area (Å²) in [4.78, 5) is 2.51. The molecule has 0 spiro atoms. The lowest BCUT2D eigenvalue weighted by Gasteiger charge is -2.33. The maximum Gasteiger partial charge on any atom is 0.0594 e. The van der Waals surface area contributed by atoms with Gasteiger partial charge in [0.15, 0.2) is 0 Å². The summed E-state index contributed by atoms with van der Waals surface area (Å²) in [6, 6.07) is 9.37. The Morgan fingerprint density at radius 3 is 2.76 bits per heavy atom. The van der Waals surface area contributed by atoms with E-state index in [9.17, 15) is 0 Å². The van der Waals surface area contributed by atoms with Crippen LogP contribution in [0.15, 0.2) is 24.3 Å². The highest BCUT2D eigenvalue weighted by atomic mass is 16.5. The molecule has 1 saturated heterocycles. The monoisotopic (exact) mass is 232 g/mol. The molecule has 2 aliphatic heterocycles. The molecule has 1 aromatic carbocycles. The second-order valence-corrected chi connectivity index (χ2v) is 4.96. The van der Waals surface area contributed by atoms with Gasteiger partial charge in [0.25, 0.3) is 0 Å². The van der Waals surface area contributed by atoms with Crippen molar-refractivity contribution >= 4 is 0 Å². The molecule has 1 fully saturated rings. The molecular formula is C14H20N2O. The van der Waals surface area contributed by atoms with Gasteiger partial charge in [-0.05, 0) is 17.5 Å². The van der Waals surface area contributed by atoms with E-state index in [0.29, 0.717) is 6.04 Å². The van der Waals surface area contributed by atoms with Gasteiger partial charge in [0.2, 0.25) is 0 Å². The molecule has 0 saturated carbocycles. The van der Waals surface area contributed by atoms with E-state index >= 15 is 0 Å². The Morgan fingerprint density at radius 1 is 1.18 bits per heavy atom. The molecule has 3 nitrogen and oxygen atoms in total. The van der Waals surface area contributed by atoms with E-state index in [0.717, 1.165) is 45.8 Å². The lowest BCUT2D eigenvalue weighted by atomic mass is 9.95. The largest absolute Gasteiger partial charge is 0.379 e. The first-order valence-electron chi connectivity index (χ1n) is 6.52. The second kappa shape index (κ2) is 5.17. The number of hydrogen-bond donors (Lipinski definition) is 1. The second-order valence-electron chi connectivity index (χ2n) is 4.96. The van der Waals surface area contributed by atoms with Gasteiger partial charge in [-0.1, -0.05) is 24.3 Å². The number of nitrogens with zero attached hydrogens (tertiary/aromatic N) is 1. The van der Waals surface area contributed by atoms with Crippen molar-refractivity contribution < 1.29 is 4.74 Å². The predicted octanol–water partition coefficient (Wildman–Crippen LogP) is 1.03. The minimum absolute atomic E-state index is 0.600. The topological polar surface area (TPSA) is 24.5 Å². The molecule has 0 aromatic heterocycles. The summed E-state index contributed by atoms with van der Waals surface area (Å²) in [5.74, 6) is 0. The Bertz CT molecular complexity index is 374. The molecule has 1 aromatic rings. The highest BCUT2D eigenvalue weighted by Crippen LogP contribution is 2.16. The number of morpholine rings is 1. The molecule has 0 radical (unpaired) electrons. The van der Waals surface area contributed by atoms with Crippen LogP contribution in [-0.2, 0) is 17.7 Å². The molecule has 2 aliphatic rings. The van der Waals surface area contributed by atoms with Crippen molar-refractivity contribution in [1.82, 2.24) is 10.2 Å². The Hall–Kier alpha value is -0.900. The van der Waals surface area contributed by atoms with Gasteiger partial charge >= 0.3 is 0 Å². The summed E-state index contributed by atoms with van der Waals surface area (Å²) in [5.41, 5.74) is 2.98. The maximum absolute atomic E-state index is 5.38. The third kappa shape index (κ3) is 2.68. The SMILES string of the molecule is c1ccc2c(c1)CNC(CN1CCOCC1)C2. The third-order valence-electron chi connectivity index (χ3n) is 3.75. The molecule has 17 heavy (non-hydrogen) atoms. The number of ether oxygens (including phenoxy) is 1. The quantitative estimate of drug-likeness (QED) is 0.824. The Morgan fingerprint density at radius 2 is 1.94 bits per heavy atom. The van der Waals surface area contributed by atoms with Crippen LogP contribution in [-0.4, -0.2) is 43.8 Å². The number of benzene rings is 1. The number of nitrogens with one attached hydrogen (secondary N) is 1. The zero-order valence-corrected chi connectivity index (χ0v) is 10.2. The zero-order valence-electron chi connectivity index (χ0n) is 10.2. The summed E-state index contributed by atoms with van der Waals surface area (Å²) < 4.78 is 5.38. The van der Waals surface area contributed by atoms with E-state index in [1.807, 2.05) is 0 Å². The molecule has 2 heterocycles. The fraction of sp³-hybridized carbons (Fsp3) is 0.571. The Labute approximate surface area is 103 Å². The number of rotatable bonds is 2. The minimum Gasteiger partial charge on any atom is -0.379 e. The van der Waals surface area contributed by atoms with E-state index in [1.165, 1.54) is 11.1 Å². The molecule has 1 atom stereocenters. The van der Waals surface area contributed by atoms with Crippen LogP contribution in [0.1, 0.15) is 11.1 Å². The first-order chi connectivity index (χ1) is 8.42. The predicted molar refractivity (Wildman–Crippen MR) is 68.0 cm³/mol. The van der Waals surface area contributed by atoms with Gasteiger partial charge in [-0.15, -0.1) is 0 Å². The average molecular weight is 232 g/mol. The van der Waals surface area contributed by atoms with Crippen molar-refractivity contribution in [2.75, 3.05) is 32.8 Å². The van der Waals surface area contributed by atoms with Gasteiger partial charge in [0, 0.05) is 32.2 Å². The Balaban J connectivity index is 1.60. The third-order valence-corrected chi connectivity index (χ3v) is 3.75. The first kappa shape index (κ1) is 11.2. The van der Waals surface area contributed by atoms with Crippen LogP contribution >= 0.6 is 0 Å². The zero-order chi connectivity index (χ0) is 11.5. The van der Waals surface area contributed by atoms with Crippen LogP contribution < -0.4 is 5.32 Å². The molecule has 1 N–H and O–H groups in total. The lowest BCUT2D eigenvalue weighted by molar-refractivity contribution is 0.0331. The van der Waals surface area contributed by atoms with Crippen LogP contribution in [0.3, 0.4) is 0 Å².